The van der Waals surface area contributed by atoms with E-state index in [4.69, 9.17) is 0 Å². The van der Waals surface area contributed by atoms with Gasteiger partial charge in [-0.2, -0.15) is 0 Å². The van der Waals surface area contributed by atoms with Gasteiger partial charge in [0.25, 0.3) is 0 Å². The molecule has 0 amide bonds. The third-order valence-electron chi connectivity index (χ3n) is 4.38. The van der Waals surface area contributed by atoms with Crippen LogP contribution in [0.5, 0.6) is 0 Å². The largest absolute Gasteiger partial charge is 0.303 e. The Bertz CT molecular complexity index is 256. The second-order valence-corrected chi connectivity index (χ2v) is 6.44. The van der Waals surface area contributed by atoms with E-state index in [1.54, 1.807) is 0 Å². The number of hydrogen-bond donors (Lipinski definition) is 0. The summed E-state index contributed by atoms with van der Waals surface area (Å²) in [5.74, 6) is 0.756. The van der Waals surface area contributed by atoms with Crippen molar-refractivity contribution in [1.82, 2.24) is 4.90 Å². The topological polar surface area (TPSA) is 20.3 Å². The number of hydrogen-bond acceptors (Lipinski definition) is 2. The lowest BCUT2D eigenvalue weighted by Crippen LogP contribution is -2.41. The second-order valence-electron chi connectivity index (χ2n) is 6.44. The number of carbonyl (C=O) groups excluding carboxylic acids is 1. The SMILES string of the molecule is CCC(CC)N(C)CC1CC(C)(C)CCC1=O. The van der Waals surface area contributed by atoms with Gasteiger partial charge in [-0.1, -0.05) is 27.7 Å². The number of Topliss-reactive ketones (excluding diaryl/α,β-unsaturated/α-hetero) is 1. The molecule has 2 nitrogen and oxygen atoms in total. The normalized spacial score (nSPS) is 24.6. The van der Waals surface area contributed by atoms with E-state index < -0.39 is 0 Å². The van der Waals surface area contributed by atoms with Crippen LogP contribution in [0, 0.1) is 11.3 Å². The lowest BCUT2D eigenvalue weighted by atomic mass is 9.71. The number of nitrogens with zero attached hydrogens (tertiary/aromatic N) is 1. The van der Waals surface area contributed by atoms with Crippen molar-refractivity contribution in [3.05, 3.63) is 0 Å². The molecule has 1 fully saturated rings. The van der Waals surface area contributed by atoms with Crippen molar-refractivity contribution in [3.8, 4) is 0 Å². The molecule has 100 valence electrons. The van der Waals surface area contributed by atoms with Crippen molar-refractivity contribution < 1.29 is 4.79 Å². The Balaban J connectivity index is 2.57. The molecule has 1 aliphatic rings. The van der Waals surface area contributed by atoms with Crippen LogP contribution in [0.3, 0.4) is 0 Å². The fourth-order valence-electron chi connectivity index (χ4n) is 3.12. The van der Waals surface area contributed by atoms with Crippen LogP contribution in [0.1, 0.15) is 59.8 Å². The predicted molar refractivity (Wildman–Crippen MR) is 73.1 cm³/mol. The van der Waals surface area contributed by atoms with Crippen LogP contribution >= 0.6 is 0 Å². The Kier molecular flexibility index (Phi) is 5.18. The van der Waals surface area contributed by atoms with Gasteiger partial charge in [0.2, 0.25) is 0 Å². The van der Waals surface area contributed by atoms with E-state index in [9.17, 15) is 4.79 Å². The Morgan fingerprint density at radius 3 is 2.47 bits per heavy atom. The highest BCUT2D eigenvalue weighted by Crippen LogP contribution is 2.37. The fraction of sp³-hybridized carbons (Fsp3) is 0.933. The van der Waals surface area contributed by atoms with Crippen LogP contribution in [0.2, 0.25) is 0 Å². The molecule has 0 aliphatic heterocycles. The molecular formula is C15H29NO. The Hall–Kier alpha value is -0.370. The average Bonchev–Trinajstić information content (AvgIpc) is 2.25. The zero-order valence-corrected chi connectivity index (χ0v) is 12.3. The molecule has 1 unspecified atom stereocenters. The summed E-state index contributed by atoms with van der Waals surface area (Å²) >= 11 is 0. The van der Waals surface area contributed by atoms with Gasteiger partial charge in [-0.25, -0.2) is 0 Å². The minimum atomic E-state index is 0.268. The third-order valence-corrected chi connectivity index (χ3v) is 4.38. The van der Waals surface area contributed by atoms with E-state index >= 15 is 0 Å². The van der Waals surface area contributed by atoms with Crippen molar-refractivity contribution in [2.45, 2.75) is 65.8 Å². The number of carbonyl (C=O) groups is 1. The quantitative estimate of drug-likeness (QED) is 0.732. The van der Waals surface area contributed by atoms with Crippen molar-refractivity contribution >= 4 is 5.78 Å². The fourth-order valence-corrected chi connectivity index (χ4v) is 3.12. The molecule has 1 saturated carbocycles. The first-order valence-electron chi connectivity index (χ1n) is 7.12. The Labute approximate surface area is 107 Å². The predicted octanol–water partition coefficient (Wildman–Crippen LogP) is 3.50. The smallest absolute Gasteiger partial charge is 0.137 e. The highest BCUT2D eigenvalue weighted by Gasteiger charge is 2.34. The Morgan fingerprint density at radius 2 is 1.94 bits per heavy atom. The first-order valence-corrected chi connectivity index (χ1v) is 7.12. The van der Waals surface area contributed by atoms with Gasteiger partial charge in [0.15, 0.2) is 0 Å². The minimum Gasteiger partial charge on any atom is -0.303 e. The lowest BCUT2D eigenvalue weighted by molar-refractivity contribution is -0.127. The van der Waals surface area contributed by atoms with Gasteiger partial charge in [-0.3, -0.25) is 4.79 Å². The minimum absolute atomic E-state index is 0.268. The third kappa shape index (κ3) is 4.09. The van der Waals surface area contributed by atoms with Crippen molar-refractivity contribution in [2.24, 2.45) is 11.3 Å². The molecule has 1 aliphatic carbocycles. The first-order chi connectivity index (χ1) is 7.89. The molecule has 0 spiro atoms. The van der Waals surface area contributed by atoms with Crippen molar-refractivity contribution in [1.29, 1.82) is 0 Å². The maximum atomic E-state index is 12.0. The first kappa shape index (κ1) is 14.7. The maximum absolute atomic E-state index is 12.0. The molecule has 0 aromatic rings. The van der Waals surface area contributed by atoms with Crippen molar-refractivity contribution in [3.63, 3.8) is 0 Å². The molecule has 2 heteroatoms. The summed E-state index contributed by atoms with van der Waals surface area (Å²) in [5, 5.41) is 0. The molecule has 1 rings (SSSR count). The highest BCUT2D eigenvalue weighted by molar-refractivity contribution is 5.82. The molecule has 0 radical (unpaired) electrons. The molecule has 0 heterocycles. The summed E-state index contributed by atoms with van der Waals surface area (Å²) < 4.78 is 0. The summed E-state index contributed by atoms with van der Waals surface area (Å²) in [6.07, 6.45) is 5.27. The van der Waals surface area contributed by atoms with Gasteiger partial charge in [0, 0.05) is 24.9 Å². The van der Waals surface area contributed by atoms with E-state index in [1.165, 1.54) is 12.8 Å². The van der Waals surface area contributed by atoms with E-state index in [0.29, 0.717) is 17.2 Å². The van der Waals surface area contributed by atoms with Crippen LogP contribution in [0.25, 0.3) is 0 Å². The summed E-state index contributed by atoms with van der Waals surface area (Å²) in [4.78, 5) is 14.4. The maximum Gasteiger partial charge on any atom is 0.137 e. The van der Waals surface area contributed by atoms with Gasteiger partial charge in [-0.15, -0.1) is 0 Å². The van der Waals surface area contributed by atoms with E-state index in [-0.39, 0.29) is 5.92 Å². The van der Waals surface area contributed by atoms with Crippen molar-refractivity contribution in [2.75, 3.05) is 13.6 Å². The summed E-state index contributed by atoms with van der Waals surface area (Å²) in [5.41, 5.74) is 0.355. The molecule has 17 heavy (non-hydrogen) atoms. The van der Waals surface area contributed by atoms with Gasteiger partial charge in [0.05, 0.1) is 0 Å². The van der Waals surface area contributed by atoms with Crippen LogP contribution in [-0.2, 0) is 4.79 Å². The lowest BCUT2D eigenvalue weighted by Gasteiger charge is -2.37. The molecule has 1 atom stereocenters. The molecule has 0 saturated heterocycles. The standard InChI is InChI=1S/C15H29NO/c1-6-13(7-2)16(5)11-12-10-15(3,4)9-8-14(12)17/h12-13H,6-11H2,1-5H3. The Morgan fingerprint density at radius 1 is 1.35 bits per heavy atom. The molecule has 0 N–H and O–H groups in total. The van der Waals surface area contributed by atoms with Gasteiger partial charge in [0.1, 0.15) is 5.78 Å². The van der Waals surface area contributed by atoms with E-state index in [0.717, 1.165) is 25.8 Å². The van der Waals surface area contributed by atoms with Gasteiger partial charge in [-0.05, 0) is 38.1 Å². The molecule has 0 bridgehead atoms. The molecule has 0 aromatic carbocycles. The highest BCUT2D eigenvalue weighted by atomic mass is 16.1. The van der Waals surface area contributed by atoms with E-state index in [1.807, 2.05) is 0 Å². The summed E-state index contributed by atoms with van der Waals surface area (Å²) in [6.45, 7) is 10.0. The second kappa shape index (κ2) is 5.99. The van der Waals surface area contributed by atoms with Crippen LogP contribution < -0.4 is 0 Å². The summed E-state index contributed by atoms with van der Waals surface area (Å²) in [7, 11) is 2.17. The van der Waals surface area contributed by atoms with Gasteiger partial charge >= 0.3 is 0 Å². The van der Waals surface area contributed by atoms with Crippen LogP contribution in [0.15, 0.2) is 0 Å². The monoisotopic (exact) mass is 239 g/mol. The average molecular weight is 239 g/mol. The zero-order valence-electron chi connectivity index (χ0n) is 12.3. The van der Waals surface area contributed by atoms with E-state index in [2.05, 4.69) is 39.6 Å². The molecule has 0 aromatic heterocycles. The number of ketones is 1. The summed E-state index contributed by atoms with van der Waals surface area (Å²) in [6, 6.07) is 0.632. The zero-order chi connectivity index (χ0) is 13.1. The van der Waals surface area contributed by atoms with Gasteiger partial charge < -0.3 is 4.90 Å². The molecular weight excluding hydrogens is 210 g/mol. The number of rotatable bonds is 5. The van der Waals surface area contributed by atoms with Crippen LogP contribution in [-0.4, -0.2) is 30.3 Å². The van der Waals surface area contributed by atoms with Crippen LogP contribution in [0.4, 0.5) is 0 Å².